The van der Waals surface area contributed by atoms with Crippen LogP contribution in [0.4, 0.5) is 0 Å². The Hall–Kier alpha value is -2.40. The molecule has 2 heterocycles. The van der Waals surface area contributed by atoms with E-state index in [-0.39, 0.29) is 0 Å². The molecule has 0 bridgehead atoms. The van der Waals surface area contributed by atoms with Crippen LogP contribution in [0.2, 0.25) is 0 Å². The van der Waals surface area contributed by atoms with Crippen LogP contribution in [0, 0.1) is 13.8 Å². The van der Waals surface area contributed by atoms with Gasteiger partial charge < -0.3 is 9.84 Å². The van der Waals surface area contributed by atoms with E-state index in [1.165, 1.54) is 0 Å². The zero-order chi connectivity index (χ0) is 18.0. The predicted molar refractivity (Wildman–Crippen MR) is 101 cm³/mol. The lowest BCUT2D eigenvalue weighted by Crippen LogP contribution is -2.09. The molecule has 3 aromatic rings. The van der Waals surface area contributed by atoms with E-state index in [2.05, 4.69) is 4.98 Å². The minimum atomic E-state index is -0.773. The van der Waals surface area contributed by atoms with Gasteiger partial charge in [-0.25, -0.2) is 0 Å². The molecule has 0 fully saturated rings. The molecule has 0 aliphatic heterocycles. The minimum Gasteiger partial charge on any atom is -0.489 e. The highest BCUT2D eigenvalue weighted by atomic mass is 32.1. The minimum absolute atomic E-state index is 0.457. The van der Waals surface area contributed by atoms with Crippen molar-refractivity contribution in [2.75, 3.05) is 0 Å². The van der Waals surface area contributed by atoms with Gasteiger partial charge in [0.15, 0.2) is 0 Å². The summed E-state index contributed by atoms with van der Waals surface area (Å²) in [5.74, 6) is -0.448. The number of hydrogen-bond acceptors (Lipinski definition) is 4. The Morgan fingerprint density at radius 1 is 1.28 bits per heavy atom. The highest BCUT2D eigenvalue weighted by Gasteiger charge is 2.21. The molecule has 2 aromatic heterocycles. The average molecular weight is 355 g/mol. The van der Waals surface area contributed by atoms with Crippen LogP contribution in [-0.4, -0.2) is 16.1 Å². The van der Waals surface area contributed by atoms with Gasteiger partial charge in [0.05, 0.1) is 5.92 Å². The van der Waals surface area contributed by atoms with Crippen molar-refractivity contribution in [1.82, 2.24) is 4.98 Å². The quantitative estimate of drug-likeness (QED) is 0.670. The van der Waals surface area contributed by atoms with Crippen LogP contribution >= 0.6 is 11.3 Å². The van der Waals surface area contributed by atoms with Crippen molar-refractivity contribution in [3.05, 3.63) is 58.2 Å². The van der Waals surface area contributed by atoms with Crippen LogP contribution in [0.1, 0.15) is 41.8 Å². The van der Waals surface area contributed by atoms with Gasteiger partial charge in [-0.05, 0) is 60.9 Å². The molecule has 0 amide bonds. The summed E-state index contributed by atoms with van der Waals surface area (Å²) in [7, 11) is 0. The van der Waals surface area contributed by atoms with Crippen LogP contribution in [0.3, 0.4) is 0 Å². The molecule has 1 aromatic carbocycles. The van der Waals surface area contributed by atoms with Gasteiger partial charge in [-0.3, -0.25) is 9.78 Å². The van der Waals surface area contributed by atoms with E-state index in [1.54, 1.807) is 11.3 Å². The largest absolute Gasteiger partial charge is 0.489 e. The van der Waals surface area contributed by atoms with E-state index in [1.807, 2.05) is 56.5 Å². The van der Waals surface area contributed by atoms with Crippen molar-refractivity contribution >= 4 is 27.4 Å². The molecule has 0 aliphatic carbocycles. The fourth-order valence-corrected chi connectivity index (χ4v) is 3.99. The molecule has 3 rings (SSSR count). The molecule has 0 saturated heterocycles. The van der Waals surface area contributed by atoms with E-state index in [0.29, 0.717) is 13.0 Å². The third kappa shape index (κ3) is 3.66. The van der Waals surface area contributed by atoms with E-state index in [0.717, 1.165) is 38.4 Å². The molecule has 130 valence electrons. The average Bonchev–Trinajstić information content (AvgIpc) is 2.97. The second kappa shape index (κ2) is 7.23. The van der Waals surface area contributed by atoms with E-state index < -0.39 is 11.9 Å². The topological polar surface area (TPSA) is 59.4 Å². The van der Waals surface area contributed by atoms with Gasteiger partial charge in [-0.15, -0.1) is 11.3 Å². The monoisotopic (exact) mass is 355 g/mol. The fraction of sp³-hybridized carbons (Fsp3) is 0.300. The zero-order valence-corrected chi connectivity index (χ0v) is 15.4. The Kier molecular flexibility index (Phi) is 5.04. The number of hydrogen-bond donors (Lipinski definition) is 1. The molecule has 1 unspecified atom stereocenters. The molecule has 1 N–H and O–H groups in total. The highest BCUT2D eigenvalue weighted by molar-refractivity contribution is 7.17. The smallest absolute Gasteiger partial charge is 0.311 e. The van der Waals surface area contributed by atoms with Crippen LogP contribution in [-0.2, 0) is 11.4 Å². The van der Waals surface area contributed by atoms with E-state index in [4.69, 9.17) is 4.74 Å². The van der Waals surface area contributed by atoms with Crippen LogP contribution in [0.25, 0.3) is 10.1 Å². The molecular weight excluding hydrogens is 334 g/mol. The number of benzene rings is 1. The summed E-state index contributed by atoms with van der Waals surface area (Å²) in [6.07, 6.45) is 0.582. The third-order valence-corrected chi connectivity index (χ3v) is 5.35. The number of thiophene rings is 1. The summed E-state index contributed by atoms with van der Waals surface area (Å²) < 4.78 is 6.96. The first-order valence-corrected chi connectivity index (χ1v) is 9.17. The maximum Gasteiger partial charge on any atom is 0.311 e. The molecule has 1 atom stereocenters. The van der Waals surface area contributed by atoms with Gasteiger partial charge in [0, 0.05) is 21.7 Å². The van der Waals surface area contributed by atoms with Crippen molar-refractivity contribution < 1.29 is 14.6 Å². The maximum atomic E-state index is 11.4. The van der Waals surface area contributed by atoms with Crippen LogP contribution in [0.5, 0.6) is 5.75 Å². The zero-order valence-electron chi connectivity index (χ0n) is 14.6. The first kappa shape index (κ1) is 17.4. The van der Waals surface area contributed by atoms with Crippen molar-refractivity contribution in [2.24, 2.45) is 0 Å². The molecule has 0 radical (unpaired) electrons. The standard InChI is InChI=1S/C20H21NO3S/c1-4-16(20(22)23)18-11-25-19-9-15(7-8-17(18)19)24-10-14-6-5-12(2)21-13(14)3/h5-9,11,16H,4,10H2,1-3H3,(H,22,23). The van der Waals surface area contributed by atoms with E-state index in [9.17, 15) is 9.90 Å². The number of fused-ring (bicyclic) bond motifs is 1. The van der Waals surface area contributed by atoms with Gasteiger partial charge in [0.2, 0.25) is 0 Å². The number of carboxylic acids is 1. The number of aliphatic carboxylic acids is 1. The van der Waals surface area contributed by atoms with Gasteiger partial charge >= 0.3 is 5.97 Å². The number of aromatic nitrogens is 1. The lowest BCUT2D eigenvalue weighted by molar-refractivity contribution is -0.138. The molecular formula is C20H21NO3S. The Morgan fingerprint density at radius 2 is 2.08 bits per heavy atom. The number of carbonyl (C=O) groups is 1. The Bertz CT molecular complexity index is 916. The van der Waals surface area contributed by atoms with Crippen molar-refractivity contribution in [3.8, 4) is 5.75 Å². The number of ether oxygens (including phenoxy) is 1. The molecule has 4 nitrogen and oxygen atoms in total. The summed E-state index contributed by atoms with van der Waals surface area (Å²) in [6, 6.07) is 9.87. The molecule has 25 heavy (non-hydrogen) atoms. The first-order valence-electron chi connectivity index (χ1n) is 8.29. The van der Waals surface area contributed by atoms with Gasteiger partial charge in [0.1, 0.15) is 12.4 Å². The maximum absolute atomic E-state index is 11.4. The summed E-state index contributed by atoms with van der Waals surface area (Å²) >= 11 is 1.56. The summed E-state index contributed by atoms with van der Waals surface area (Å²) in [4.78, 5) is 15.9. The summed E-state index contributed by atoms with van der Waals surface area (Å²) in [5, 5.41) is 12.3. The Morgan fingerprint density at radius 3 is 2.76 bits per heavy atom. The molecule has 0 spiro atoms. The van der Waals surface area contributed by atoms with Gasteiger partial charge in [-0.2, -0.15) is 0 Å². The predicted octanol–water partition coefficient (Wildman–Crippen LogP) is 5.07. The number of carboxylic acid groups (broad SMARTS) is 1. The van der Waals surface area contributed by atoms with Crippen LogP contribution in [0.15, 0.2) is 35.7 Å². The lowest BCUT2D eigenvalue weighted by Gasteiger charge is -2.10. The third-order valence-electron chi connectivity index (χ3n) is 4.39. The molecule has 5 heteroatoms. The number of aryl methyl sites for hydroxylation is 2. The van der Waals surface area contributed by atoms with Crippen molar-refractivity contribution in [3.63, 3.8) is 0 Å². The Balaban J connectivity index is 1.81. The summed E-state index contributed by atoms with van der Waals surface area (Å²) in [5.41, 5.74) is 3.93. The Labute approximate surface area is 151 Å². The van der Waals surface area contributed by atoms with Crippen molar-refractivity contribution in [1.29, 1.82) is 0 Å². The lowest BCUT2D eigenvalue weighted by atomic mass is 9.96. The van der Waals surface area contributed by atoms with Crippen molar-refractivity contribution in [2.45, 2.75) is 39.7 Å². The SMILES string of the molecule is CCC(C(=O)O)c1csc2cc(OCc3ccc(C)nc3C)ccc12. The van der Waals surface area contributed by atoms with Gasteiger partial charge in [0.25, 0.3) is 0 Å². The highest BCUT2D eigenvalue weighted by Crippen LogP contribution is 2.35. The fourth-order valence-electron chi connectivity index (χ4n) is 2.95. The molecule has 0 aliphatic rings. The van der Waals surface area contributed by atoms with E-state index >= 15 is 0 Å². The number of nitrogens with zero attached hydrogens (tertiary/aromatic N) is 1. The second-order valence-corrected chi connectivity index (χ2v) is 7.05. The number of pyridine rings is 1. The number of rotatable bonds is 6. The molecule has 0 saturated carbocycles. The van der Waals surface area contributed by atoms with Gasteiger partial charge in [-0.1, -0.05) is 13.0 Å². The summed E-state index contributed by atoms with van der Waals surface area (Å²) in [6.45, 7) is 6.32. The second-order valence-electron chi connectivity index (χ2n) is 6.13. The normalized spacial score (nSPS) is 12.3. The first-order chi connectivity index (χ1) is 12.0. The van der Waals surface area contributed by atoms with Crippen LogP contribution < -0.4 is 4.74 Å².